The van der Waals surface area contributed by atoms with Gasteiger partial charge in [0.25, 0.3) is 5.56 Å². The van der Waals surface area contributed by atoms with Gasteiger partial charge in [-0.2, -0.15) is 0 Å². The lowest BCUT2D eigenvalue weighted by atomic mass is 10.1. The van der Waals surface area contributed by atoms with E-state index in [2.05, 4.69) is 10.3 Å². The summed E-state index contributed by atoms with van der Waals surface area (Å²) >= 11 is 7.35. The fourth-order valence-electron chi connectivity index (χ4n) is 3.67. The van der Waals surface area contributed by atoms with Crippen molar-refractivity contribution in [3.05, 3.63) is 92.4 Å². The van der Waals surface area contributed by atoms with E-state index in [1.54, 1.807) is 29.5 Å². The number of aromatic amines is 1. The molecule has 2 aromatic carbocycles. The van der Waals surface area contributed by atoms with Crippen LogP contribution in [0.3, 0.4) is 0 Å². The molecule has 4 aromatic rings. The number of esters is 1. The van der Waals surface area contributed by atoms with Crippen molar-refractivity contribution >= 4 is 51.2 Å². The van der Waals surface area contributed by atoms with Crippen molar-refractivity contribution in [1.29, 1.82) is 0 Å². The summed E-state index contributed by atoms with van der Waals surface area (Å²) in [6.07, 6.45) is 0. The highest BCUT2D eigenvalue weighted by atomic mass is 32.1. The van der Waals surface area contributed by atoms with Crippen LogP contribution in [0.15, 0.2) is 70.8 Å². The van der Waals surface area contributed by atoms with Gasteiger partial charge in [-0.15, -0.1) is 11.3 Å². The number of hydrogen-bond acceptors (Lipinski definition) is 6. The zero-order valence-electron chi connectivity index (χ0n) is 19.4. The van der Waals surface area contributed by atoms with Crippen LogP contribution in [-0.2, 0) is 17.8 Å². The zero-order chi connectivity index (χ0) is 24.8. The molecular formula is C26H25N3O4S2. The smallest absolute Gasteiger partial charge is 0.339 e. The van der Waals surface area contributed by atoms with E-state index >= 15 is 0 Å². The highest BCUT2D eigenvalue weighted by Crippen LogP contribution is 2.22. The van der Waals surface area contributed by atoms with Crippen LogP contribution in [-0.4, -0.2) is 34.7 Å². The van der Waals surface area contributed by atoms with Crippen LogP contribution < -0.4 is 15.6 Å². The lowest BCUT2D eigenvalue weighted by Gasteiger charge is -2.26. The lowest BCUT2D eigenvalue weighted by molar-refractivity contribution is 0.0602. The van der Waals surface area contributed by atoms with Crippen LogP contribution in [0.4, 0.5) is 5.69 Å². The summed E-state index contributed by atoms with van der Waals surface area (Å²) < 4.78 is 10.5. The number of hydrogen-bond donors (Lipinski definition) is 2. The molecule has 0 aliphatic carbocycles. The molecule has 2 N–H and O–H groups in total. The number of carbonyl (C=O) groups is 1. The lowest BCUT2D eigenvalue weighted by Crippen LogP contribution is -2.35. The average molecular weight is 508 g/mol. The number of carbonyl (C=O) groups excluding carboxylic acids is 1. The normalized spacial score (nSPS) is 10.7. The van der Waals surface area contributed by atoms with Crippen LogP contribution >= 0.6 is 23.6 Å². The zero-order valence-corrected chi connectivity index (χ0v) is 21.0. The third kappa shape index (κ3) is 5.87. The Hall–Kier alpha value is -3.69. The number of rotatable bonds is 8. The van der Waals surface area contributed by atoms with Crippen LogP contribution in [0.25, 0.3) is 10.9 Å². The second-order valence-electron chi connectivity index (χ2n) is 7.71. The number of thiocarbonyl (C=S) groups is 1. The molecule has 0 atom stereocenters. The minimum atomic E-state index is -0.461. The third-order valence-electron chi connectivity index (χ3n) is 5.35. The molecule has 0 aliphatic heterocycles. The predicted octanol–water partition coefficient (Wildman–Crippen LogP) is 5.17. The molecule has 0 aliphatic rings. The maximum absolute atomic E-state index is 12.9. The number of aromatic nitrogens is 1. The van der Waals surface area contributed by atoms with E-state index in [4.69, 9.17) is 21.7 Å². The summed E-state index contributed by atoms with van der Waals surface area (Å²) in [5.74, 6) is 0.279. The molecule has 0 spiro atoms. The number of methoxy groups -OCH3 is 1. The van der Waals surface area contributed by atoms with Gasteiger partial charge in [-0.3, -0.25) is 4.79 Å². The molecule has 4 rings (SSSR count). The van der Waals surface area contributed by atoms with Crippen molar-refractivity contribution in [2.24, 2.45) is 0 Å². The van der Waals surface area contributed by atoms with Crippen LogP contribution in [0, 0.1) is 0 Å². The number of para-hydroxylation sites is 1. The summed E-state index contributed by atoms with van der Waals surface area (Å²) in [5, 5.41) is 6.42. The van der Waals surface area contributed by atoms with Gasteiger partial charge >= 0.3 is 5.97 Å². The van der Waals surface area contributed by atoms with Gasteiger partial charge in [0.1, 0.15) is 5.75 Å². The van der Waals surface area contributed by atoms with Gasteiger partial charge in [0, 0.05) is 21.3 Å². The van der Waals surface area contributed by atoms with Crippen molar-refractivity contribution < 1.29 is 14.3 Å². The Morgan fingerprint density at radius 1 is 1.11 bits per heavy atom. The Balaban J connectivity index is 1.65. The molecule has 2 aromatic heterocycles. The summed E-state index contributed by atoms with van der Waals surface area (Å²) in [7, 11) is 1.34. The minimum Gasteiger partial charge on any atom is -0.494 e. The average Bonchev–Trinajstić information content (AvgIpc) is 3.37. The van der Waals surface area contributed by atoms with Gasteiger partial charge in [-0.1, -0.05) is 18.2 Å². The van der Waals surface area contributed by atoms with E-state index in [1.165, 1.54) is 7.11 Å². The van der Waals surface area contributed by atoms with E-state index in [1.807, 2.05) is 59.7 Å². The van der Waals surface area contributed by atoms with Crippen molar-refractivity contribution in [1.82, 2.24) is 9.88 Å². The van der Waals surface area contributed by atoms with E-state index in [0.29, 0.717) is 35.1 Å². The number of thiophene rings is 1. The molecule has 0 bridgehead atoms. The van der Waals surface area contributed by atoms with Crippen LogP contribution in [0.5, 0.6) is 5.75 Å². The van der Waals surface area contributed by atoms with Crippen LogP contribution in [0.1, 0.15) is 27.7 Å². The molecule has 0 amide bonds. The number of anilines is 1. The molecule has 7 nitrogen and oxygen atoms in total. The molecular weight excluding hydrogens is 482 g/mol. The summed E-state index contributed by atoms with van der Waals surface area (Å²) in [6.45, 7) is 3.26. The molecule has 180 valence electrons. The van der Waals surface area contributed by atoms with Crippen molar-refractivity contribution in [3.8, 4) is 5.75 Å². The summed E-state index contributed by atoms with van der Waals surface area (Å²) in [4.78, 5) is 31.1. The Morgan fingerprint density at radius 3 is 2.69 bits per heavy atom. The fraction of sp³-hybridized carbons (Fsp3) is 0.192. The first-order valence-electron chi connectivity index (χ1n) is 11.0. The van der Waals surface area contributed by atoms with Crippen molar-refractivity contribution in [3.63, 3.8) is 0 Å². The number of nitrogens with one attached hydrogen (secondary N) is 2. The second-order valence-corrected chi connectivity index (χ2v) is 9.13. The Morgan fingerprint density at radius 2 is 1.94 bits per heavy atom. The SMILES string of the molecule is CCOc1ccc2[nH]c(=O)c(CN(Cc3cccs3)C(=S)Nc3ccccc3C(=O)OC)cc2c1. The molecule has 0 saturated heterocycles. The number of H-pyrrole nitrogens is 1. The summed E-state index contributed by atoms with van der Waals surface area (Å²) in [5.41, 5.74) is 2.03. The van der Waals surface area contributed by atoms with Crippen molar-refractivity contribution in [2.75, 3.05) is 19.0 Å². The van der Waals surface area contributed by atoms with Gasteiger partial charge in [0.2, 0.25) is 0 Å². The number of nitrogens with zero attached hydrogens (tertiary/aromatic N) is 1. The first-order valence-corrected chi connectivity index (χ1v) is 12.3. The van der Waals surface area contributed by atoms with Gasteiger partial charge in [-0.25, -0.2) is 4.79 Å². The maximum Gasteiger partial charge on any atom is 0.339 e. The van der Waals surface area contributed by atoms with E-state index in [-0.39, 0.29) is 12.1 Å². The largest absolute Gasteiger partial charge is 0.494 e. The Kier molecular flexibility index (Phi) is 7.79. The maximum atomic E-state index is 12.9. The van der Waals surface area contributed by atoms with E-state index in [0.717, 1.165) is 21.5 Å². The van der Waals surface area contributed by atoms with Gasteiger partial charge < -0.3 is 24.7 Å². The standard InChI is InChI=1S/C26H25N3O4S2/c1-3-33-19-10-11-22-17(14-19)13-18(24(30)27-22)15-29(16-20-7-6-12-35-20)26(34)28-23-9-5-4-8-21(23)25(31)32-2/h4-14H,3,15-16H2,1-2H3,(H,27,30)(H,28,34). The number of fused-ring (bicyclic) bond motifs is 1. The van der Waals surface area contributed by atoms with Gasteiger partial charge in [0.15, 0.2) is 5.11 Å². The topological polar surface area (TPSA) is 83.7 Å². The van der Waals surface area contributed by atoms with E-state index < -0.39 is 5.97 Å². The molecule has 0 radical (unpaired) electrons. The fourth-order valence-corrected chi connectivity index (χ4v) is 4.63. The van der Waals surface area contributed by atoms with E-state index in [9.17, 15) is 9.59 Å². The monoisotopic (exact) mass is 507 g/mol. The number of ether oxygens (including phenoxy) is 2. The van der Waals surface area contributed by atoms with Crippen LogP contribution in [0.2, 0.25) is 0 Å². The minimum absolute atomic E-state index is 0.185. The summed E-state index contributed by atoms with van der Waals surface area (Å²) in [6, 6.07) is 18.4. The number of pyridine rings is 1. The Labute approximate surface area is 212 Å². The van der Waals surface area contributed by atoms with Crippen molar-refractivity contribution in [2.45, 2.75) is 20.0 Å². The first kappa shape index (κ1) is 24.4. The molecule has 0 unspecified atom stereocenters. The third-order valence-corrected chi connectivity index (χ3v) is 6.57. The van der Waals surface area contributed by atoms with Gasteiger partial charge in [-0.05, 0) is 67.0 Å². The molecule has 9 heteroatoms. The predicted molar refractivity (Wildman–Crippen MR) is 143 cm³/mol. The van der Waals surface area contributed by atoms with Gasteiger partial charge in [0.05, 0.1) is 38.1 Å². The second kappa shape index (κ2) is 11.2. The first-order chi connectivity index (χ1) is 17.0. The molecule has 0 saturated carbocycles. The highest BCUT2D eigenvalue weighted by molar-refractivity contribution is 7.80. The Bertz CT molecular complexity index is 1400. The molecule has 35 heavy (non-hydrogen) atoms. The molecule has 0 fully saturated rings. The quantitative estimate of drug-likeness (QED) is 0.251. The highest BCUT2D eigenvalue weighted by Gasteiger charge is 2.18. The number of benzene rings is 2. The molecule has 2 heterocycles.